The Hall–Kier alpha value is -2.61. The number of ether oxygens (including phenoxy) is 2. The molecule has 0 saturated carbocycles. The summed E-state index contributed by atoms with van der Waals surface area (Å²) in [7, 11) is 0. The molecule has 0 unspecified atom stereocenters. The first-order chi connectivity index (χ1) is 9.65. The summed E-state index contributed by atoms with van der Waals surface area (Å²) in [5.74, 6) is 1.48. The number of nitriles is 1. The molecule has 0 bridgehead atoms. The number of nitrogens with zero attached hydrogens (tertiary/aromatic N) is 3. The van der Waals surface area contributed by atoms with Crippen LogP contribution in [0, 0.1) is 25.2 Å². The summed E-state index contributed by atoms with van der Waals surface area (Å²) in [6.07, 6.45) is 0. The molecule has 1 heterocycles. The summed E-state index contributed by atoms with van der Waals surface area (Å²) in [6.45, 7) is 6.13. The lowest BCUT2D eigenvalue weighted by Crippen LogP contribution is -2.00. The van der Waals surface area contributed by atoms with E-state index in [-0.39, 0.29) is 5.88 Å². The summed E-state index contributed by atoms with van der Waals surface area (Å²) < 4.78 is 11.0. The number of rotatable bonds is 4. The molecule has 0 N–H and O–H groups in total. The number of hydrogen-bond acceptors (Lipinski definition) is 5. The van der Waals surface area contributed by atoms with Gasteiger partial charge in [-0.2, -0.15) is 10.4 Å². The molecular weight excluding hydrogens is 254 g/mol. The van der Waals surface area contributed by atoms with Crippen LogP contribution >= 0.6 is 0 Å². The Morgan fingerprint density at radius 1 is 1.20 bits per heavy atom. The first kappa shape index (κ1) is 13.8. The molecule has 20 heavy (non-hydrogen) atoms. The van der Waals surface area contributed by atoms with Crippen molar-refractivity contribution in [3.8, 4) is 23.4 Å². The molecule has 0 aliphatic rings. The summed E-state index contributed by atoms with van der Waals surface area (Å²) in [5, 5.41) is 17.1. The minimum atomic E-state index is 0.212. The normalized spacial score (nSPS) is 9.90. The summed E-state index contributed by atoms with van der Waals surface area (Å²) >= 11 is 0. The fourth-order valence-electron chi connectivity index (χ4n) is 1.70. The average Bonchev–Trinajstić information content (AvgIpc) is 2.44. The van der Waals surface area contributed by atoms with Crippen molar-refractivity contribution in [3.63, 3.8) is 0 Å². The quantitative estimate of drug-likeness (QED) is 0.852. The van der Waals surface area contributed by atoms with E-state index < -0.39 is 0 Å². The van der Waals surface area contributed by atoms with Crippen LogP contribution in [0.3, 0.4) is 0 Å². The average molecular weight is 269 g/mol. The van der Waals surface area contributed by atoms with Crippen LogP contribution in [0.15, 0.2) is 24.3 Å². The van der Waals surface area contributed by atoms with Crippen molar-refractivity contribution in [2.45, 2.75) is 20.8 Å². The van der Waals surface area contributed by atoms with E-state index in [9.17, 15) is 5.26 Å². The highest BCUT2D eigenvalue weighted by Gasteiger charge is 2.13. The van der Waals surface area contributed by atoms with Gasteiger partial charge in [0.25, 0.3) is 5.88 Å². The smallest absolute Gasteiger partial charge is 0.257 e. The largest absolute Gasteiger partial charge is 0.494 e. The van der Waals surface area contributed by atoms with Gasteiger partial charge in [0.2, 0.25) is 0 Å². The highest BCUT2D eigenvalue weighted by molar-refractivity contribution is 5.47. The SMILES string of the molecule is CCOc1cccc(Oc2nnc(C)c(C)c2C#N)c1. The Bertz CT molecular complexity index is 663. The van der Waals surface area contributed by atoms with Gasteiger partial charge in [0.15, 0.2) is 0 Å². The zero-order chi connectivity index (χ0) is 14.5. The topological polar surface area (TPSA) is 68.0 Å². The van der Waals surface area contributed by atoms with E-state index in [0.717, 1.165) is 11.3 Å². The second kappa shape index (κ2) is 6.02. The van der Waals surface area contributed by atoms with Crippen molar-refractivity contribution in [1.29, 1.82) is 5.26 Å². The fraction of sp³-hybridized carbons (Fsp3) is 0.267. The van der Waals surface area contributed by atoms with Gasteiger partial charge in [-0.05, 0) is 38.5 Å². The molecule has 0 atom stereocenters. The monoisotopic (exact) mass is 269 g/mol. The number of hydrogen-bond donors (Lipinski definition) is 0. The molecule has 0 amide bonds. The van der Waals surface area contributed by atoms with Crippen molar-refractivity contribution < 1.29 is 9.47 Å². The van der Waals surface area contributed by atoms with Gasteiger partial charge in [-0.25, -0.2) is 0 Å². The van der Waals surface area contributed by atoms with Gasteiger partial charge in [0.05, 0.1) is 12.3 Å². The predicted octanol–water partition coefficient (Wildman–Crippen LogP) is 3.16. The maximum Gasteiger partial charge on any atom is 0.257 e. The minimum absolute atomic E-state index is 0.212. The second-order valence-electron chi connectivity index (χ2n) is 4.21. The number of aryl methyl sites for hydroxylation is 1. The van der Waals surface area contributed by atoms with Gasteiger partial charge < -0.3 is 9.47 Å². The van der Waals surface area contributed by atoms with Crippen LogP contribution in [0.25, 0.3) is 0 Å². The first-order valence-electron chi connectivity index (χ1n) is 6.30. The lowest BCUT2D eigenvalue weighted by atomic mass is 10.1. The molecule has 2 aromatic rings. The first-order valence-corrected chi connectivity index (χ1v) is 6.30. The van der Waals surface area contributed by atoms with Crippen molar-refractivity contribution in [2.24, 2.45) is 0 Å². The predicted molar refractivity (Wildman–Crippen MR) is 73.9 cm³/mol. The zero-order valence-corrected chi connectivity index (χ0v) is 11.7. The Morgan fingerprint density at radius 3 is 2.65 bits per heavy atom. The third kappa shape index (κ3) is 2.86. The van der Waals surface area contributed by atoms with E-state index in [0.29, 0.717) is 23.7 Å². The van der Waals surface area contributed by atoms with E-state index in [4.69, 9.17) is 9.47 Å². The molecule has 0 radical (unpaired) electrons. The van der Waals surface area contributed by atoms with E-state index in [1.165, 1.54) is 0 Å². The van der Waals surface area contributed by atoms with Gasteiger partial charge in [-0.3, -0.25) is 0 Å². The molecular formula is C15H15N3O2. The van der Waals surface area contributed by atoms with Crippen LogP contribution in [-0.2, 0) is 0 Å². The van der Waals surface area contributed by atoms with Gasteiger partial charge in [-0.1, -0.05) is 6.07 Å². The Kier molecular flexibility index (Phi) is 4.16. The molecule has 0 fully saturated rings. The van der Waals surface area contributed by atoms with E-state index >= 15 is 0 Å². The Labute approximate surface area is 117 Å². The van der Waals surface area contributed by atoms with E-state index in [2.05, 4.69) is 16.3 Å². The molecule has 2 rings (SSSR count). The van der Waals surface area contributed by atoms with Crippen molar-refractivity contribution in [2.75, 3.05) is 6.61 Å². The summed E-state index contributed by atoms with van der Waals surface area (Å²) in [6, 6.07) is 9.30. The standard InChI is InChI=1S/C15H15N3O2/c1-4-19-12-6-5-7-13(8-12)20-15-14(9-16)10(2)11(3)17-18-15/h5-8H,4H2,1-3H3. The molecule has 1 aromatic carbocycles. The Balaban J connectivity index is 2.33. The molecule has 0 aliphatic heterocycles. The Morgan fingerprint density at radius 2 is 1.95 bits per heavy atom. The molecule has 0 spiro atoms. The summed E-state index contributed by atoms with van der Waals surface area (Å²) in [4.78, 5) is 0. The molecule has 102 valence electrons. The number of benzene rings is 1. The maximum absolute atomic E-state index is 9.22. The van der Waals surface area contributed by atoms with Gasteiger partial charge in [0, 0.05) is 6.07 Å². The van der Waals surface area contributed by atoms with Crippen LogP contribution in [0.5, 0.6) is 17.4 Å². The molecule has 0 saturated heterocycles. The zero-order valence-electron chi connectivity index (χ0n) is 11.7. The van der Waals surface area contributed by atoms with Crippen molar-refractivity contribution >= 4 is 0 Å². The third-order valence-electron chi connectivity index (χ3n) is 2.87. The van der Waals surface area contributed by atoms with Crippen LogP contribution in [0.2, 0.25) is 0 Å². The molecule has 1 aromatic heterocycles. The van der Waals surface area contributed by atoms with Crippen molar-refractivity contribution in [3.05, 3.63) is 41.1 Å². The molecule has 5 nitrogen and oxygen atoms in total. The number of aromatic nitrogens is 2. The van der Waals surface area contributed by atoms with Crippen LogP contribution in [0.1, 0.15) is 23.7 Å². The van der Waals surface area contributed by atoms with E-state index in [1.807, 2.05) is 32.9 Å². The second-order valence-corrected chi connectivity index (χ2v) is 4.21. The van der Waals surface area contributed by atoms with Gasteiger partial charge >= 0.3 is 0 Å². The van der Waals surface area contributed by atoms with Crippen LogP contribution < -0.4 is 9.47 Å². The van der Waals surface area contributed by atoms with Gasteiger partial charge in [-0.15, -0.1) is 5.10 Å². The highest BCUT2D eigenvalue weighted by atomic mass is 16.5. The van der Waals surface area contributed by atoms with Gasteiger partial charge in [0.1, 0.15) is 23.1 Å². The lowest BCUT2D eigenvalue weighted by molar-refractivity contribution is 0.337. The molecule has 5 heteroatoms. The highest BCUT2D eigenvalue weighted by Crippen LogP contribution is 2.27. The molecule has 0 aliphatic carbocycles. The summed E-state index contributed by atoms with van der Waals surface area (Å²) in [5.41, 5.74) is 1.90. The minimum Gasteiger partial charge on any atom is -0.494 e. The maximum atomic E-state index is 9.22. The lowest BCUT2D eigenvalue weighted by Gasteiger charge is -2.09. The van der Waals surface area contributed by atoms with Crippen LogP contribution in [-0.4, -0.2) is 16.8 Å². The third-order valence-corrected chi connectivity index (χ3v) is 2.87. The fourth-order valence-corrected chi connectivity index (χ4v) is 1.70. The van der Waals surface area contributed by atoms with Crippen LogP contribution in [0.4, 0.5) is 0 Å². The van der Waals surface area contributed by atoms with E-state index in [1.54, 1.807) is 12.1 Å². The van der Waals surface area contributed by atoms with Crippen molar-refractivity contribution in [1.82, 2.24) is 10.2 Å².